The third kappa shape index (κ3) is 6.02. The van der Waals surface area contributed by atoms with Crippen LogP contribution in [0.3, 0.4) is 0 Å². The lowest BCUT2D eigenvalue weighted by molar-refractivity contribution is -0.122. The van der Waals surface area contributed by atoms with E-state index in [4.69, 9.17) is 0 Å². The summed E-state index contributed by atoms with van der Waals surface area (Å²) >= 11 is 1.59. The fraction of sp³-hybridized carbons (Fsp3) is 0.444. The molecule has 0 radical (unpaired) electrons. The van der Waals surface area contributed by atoms with Crippen LogP contribution in [0.15, 0.2) is 36.0 Å². The molecule has 24 heavy (non-hydrogen) atoms. The van der Waals surface area contributed by atoms with Gasteiger partial charge in [0, 0.05) is 12.6 Å². The molecule has 2 N–H and O–H groups in total. The highest BCUT2D eigenvalue weighted by Gasteiger charge is 2.13. The molecule has 0 aliphatic rings. The Bertz CT molecular complexity index is 601. The number of carbonyl (C=O) groups excluding carboxylic acids is 1. The lowest BCUT2D eigenvalue weighted by Gasteiger charge is -2.16. The van der Waals surface area contributed by atoms with Crippen LogP contribution in [0, 0.1) is 0 Å². The van der Waals surface area contributed by atoms with Gasteiger partial charge in [0.05, 0.1) is 16.4 Å². The molecule has 0 fully saturated rings. The Balaban J connectivity index is 1.82. The number of carbonyl (C=O) groups is 1. The SMILES string of the molecule is CNCCCCC(=O)N[C@H](CF)Cc1ccc(-c2cncs2)cc1. The molecule has 130 valence electrons. The number of unbranched alkanes of at least 4 members (excludes halogenated alkanes) is 1. The molecular weight excluding hydrogens is 325 g/mol. The number of nitrogens with one attached hydrogen (secondary N) is 2. The van der Waals surface area contributed by atoms with Gasteiger partial charge in [-0.15, -0.1) is 11.3 Å². The van der Waals surface area contributed by atoms with Gasteiger partial charge in [-0.05, 0) is 44.0 Å². The zero-order valence-corrected chi connectivity index (χ0v) is 14.7. The summed E-state index contributed by atoms with van der Waals surface area (Å²) in [4.78, 5) is 17.1. The molecule has 1 amide bonds. The molecule has 0 bridgehead atoms. The van der Waals surface area contributed by atoms with Gasteiger partial charge >= 0.3 is 0 Å². The monoisotopic (exact) mass is 349 g/mol. The van der Waals surface area contributed by atoms with Gasteiger partial charge in [-0.25, -0.2) is 4.39 Å². The van der Waals surface area contributed by atoms with E-state index in [9.17, 15) is 9.18 Å². The number of thiazole rings is 1. The normalized spacial score (nSPS) is 12.1. The number of amides is 1. The number of halogens is 1. The predicted molar refractivity (Wildman–Crippen MR) is 96.9 cm³/mol. The smallest absolute Gasteiger partial charge is 0.220 e. The highest BCUT2D eigenvalue weighted by atomic mass is 32.1. The summed E-state index contributed by atoms with van der Waals surface area (Å²) in [6, 6.07) is 7.53. The van der Waals surface area contributed by atoms with Crippen molar-refractivity contribution in [1.82, 2.24) is 15.6 Å². The molecular formula is C18H24FN3OS. The first-order chi connectivity index (χ1) is 11.7. The minimum Gasteiger partial charge on any atom is -0.350 e. The standard InChI is InChI=1S/C18H24FN3OS/c1-20-9-3-2-4-18(23)22-16(11-19)10-14-5-7-15(8-6-14)17-12-21-13-24-17/h5-8,12-13,16,20H,2-4,9-11H2,1H3,(H,22,23)/t16-/m0/s1. The molecule has 0 unspecified atom stereocenters. The van der Waals surface area contributed by atoms with Crippen LogP contribution in [-0.4, -0.2) is 37.2 Å². The average Bonchev–Trinajstić information content (AvgIpc) is 3.13. The molecule has 1 aromatic carbocycles. The third-order valence-corrected chi connectivity index (χ3v) is 4.61. The number of rotatable bonds is 10. The van der Waals surface area contributed by atoms with E-state index in [-0.39, 0.29) is 5.91 Å². The number of aromatic nitrogens is 1. The second kappa shape index (κ2) is 10.2. The molecule has 0 spiro atoms. The maximum Gasteiger partial charge on any atom is 0.220 e. The largest absolute Gasteiger partial charge is 0.350 e. The third-order valence-electron chi connectivity index (χ3n) is 3.78. The number of hydrogen-bond acceptors (Lipinski definition) is 4. The van der Waals surface area contributed by atoms with Crippen LogP contribution in [0.5, 0.6) is 0 Å². The molecule has 1 atom stereocenters. The fourth-order valence-corrected chi connectivity index (χ4v) is 3.11. The minimum atomic E-state index is -0.557. The first kappa shape index (κ1) is 18.5. The van der Waals surface area contributed by atoms with Crippen LogP contribution in [0.4, 0.5) is 4.39 Å². The maximum absolute atomic E-state index is 13.2. The van der Waals surface area contributed by atoms with Gasteiger partial charge in [-0.1, -0.05) is 24.3 Å². The van der Waals surface area contributed by atoms with Gasteiger partial charge in [-0.3, -0.25) is 9.78 Å². The lowest BCUT2D eigenvalue weighted by atomic mass is 10.0. The predicted octanol–water partition coefficient (Wildman–Crippen LogP) is 3.20. The van der Waals surface area contributed by atoms with E-state index in [1.54, 1.807) is 16.8 Å². The molecule has 1 heterocycles. The van der Waals surface area contributed by atoms with E-state index in [0.717, 1.165) is 35.4 Å². The van der Waals surface area contributed by atoms with Gasteiger partial charge < -0.3 is 10.6 Å². The van der Waals surface area contributed by atoms with Crippen molar-refractivity contribution in [3.63, 3.8) is 0 Å². The Morgan fingerprint density at radius 1 is 1.29 bits per heavy atom. The second-order valence-corrected chi connectivity index (χ2v) is 6.63. The van der Waals surface area contributed by atoms with Crippen LogP contribution >= 0.6 is 11.3 Å². The molecule has 0 saturated heterocycles. The van der Waals surface area contributed by atoms with Crippen molar-refractivity contribution in [1.29, 1.82) is 0 Å². The quantitative estimate of drug-likeness (QED) is 0.648. The van der Waals surface area contributed by atoms with Crippen molar-refractivity contribution in [3.05, 3.63) is 41.5 Å². The van der Waals surface area contributed by atoms with Gasteiger partial charge in [0.25, 0.3) is 0 Å². The molecule has 2 rings (SSSR count). The Kier molecular flexibility index (Phi) is 7.85. The van der Waals surface area contributed by atoms with Gasteiger partial charge in [0.2, 0.25) is 5.91 Å². The molecule has 6 heteroatoms. The van der Waals surface area contributed by atoms with Gasteiger partial charge in [-0.2, -0.15) is 0 Å². The van der Waals surface area contributed by atoms with Crippen molar-refractivity contribution in [2.45, 2.75) is 31.7 Å². The Morgan fingerprint density at radius 2 is 2.08 bits per heavy atom. The minimum absolute atomic E-state index is 0.0740. The van der Waals surface area contributed by atoms with E-state index in [0.29, 0.717) is 12.8 Å². The summed E-state index contributed by atoms with van der Waals surface area (Å²) < 4.78 is 13.2. The van der Waals surface area contributed by atoms with Crippen molar-refractivity contribution in [2.24, 2.45) is 0 Å². The zero-order chi connectivity index (χ0) is 17.2. The van der Waals surface area contributed by atoms with Crippen LogP contribution in [-0.2, 0) is 11.2 Å². The first-order valence-corrected chi connectivity index (χ1v) is 9.08. The fourth-order valence-electron chi connectivity index (χ4n) is 2.48. The number of hydrogen-bond donors (Lipinski definition) is 2. The topological polar surface area (TPSA) is 54.0 Å². The van der Waals surface area contributed by atoms with E-state index >= 15 is 0 Å². The Hall–Kier alpha value is -1.79. The molecule has 0 saturated carbocycles. The van der Waals surface area contributed by atoms with Crippen LogP contribution < -0.4 is 10.6 Å². The van der Waals surface area contributed by atoms with Crippen LogP contribution in [0.1, 0.15) is 24.8 Å². The highest BCUT2D eigenvalue weighted by molar-refractivity contribution is 7.13. The molecule has 1 aromatic heterocycles. The molecule has 2 aromatic rings. The summed E-state index contributed by atoms with van der Waals surface area (Å²) in [5.74, 6) is -0.0740. The van der Waals surface area contributed by atoms with Gasteiger partial charge in [0.15, 0.2) is 0 Å². The summed E-state index contributed by atoms with van der Waals surface area (Å²) in [7, 11) is 1.89. The summed E-state index contributed by atoms with van der Waals surface area (Å²) in [5.41, 5.74) is 3.92. The maximum atomic E-state index is 13.2. The molecule has 0 aliphatic heterocycles. The van der Waals surface area contributed by atoms with Crippen molar-refractivity contribution in [2.75, 3.05) is 20.3 Å². The lowest BCUT2D eigenvalue weighted by Crippen LogP contribution is -2.38. The molecule has 4 nitrogen and oxygen atoms in total. The van der Waals surface area contributed by atoms with Crippen LogP contribution in [0.2, 0.25) is 0 Å². The number of alkyl halides is 1. The summed E-state index contributed by atoms with van der Waals surface area (Å²) in [6.07, 6.45) is 4.54. The van der Waals surface area contributed by atoms with E-state index in [1.807, 2.05) is 37.5 Å². The summed E-state index contributed by atoms with van der Waals surface area (Å²) in [6.45, 7) is 0.338. The zero-order valence-electron chi connectivity index (χ0n) is 13.9. The van der Waals surface area contributed by atoms with E-state index in [1.165, 1.54) is 0 Å². The van der Waals surface area contributed by atoms with Crippen molar-refractivity contribution >= 4 is 17.2 Å². The van der Waals surface area contributed by atoms with Crippen LogP contribution in [0.25, 0.3) is 10.4 Å². The highest BCUT2D eigenvalue weighted by Crippen LogP contribution is 2.23. The second-order valence-electron chi connectivity index (χ2n) is 5.75. The molecule has 0 aliphatic carbocycles. The van der Waals surface area contributed by atoms with Crippen molar-refractivity contribution < 1.29 is 9.18 Å². The average molecular weight is 349 g/mol. The van der Waals surface area contributed by atoms with E-state index in [2.05, 4.69) is 15.6 Å². The number of nitrogens with zero attached hydrogens (tertiary/aromatic N) is 1. The summed E-state index contributed by atoms with van der Waals surface area (Å²) in [5, 5.41) is 5.84. The Labute approximate surface area is 146 Å². The van der Waals surface area contributed by atoms with Gasteiger partial charge in [0.1, 0.15) is 6.67 Å². The first-order valence-electron chi connectivity index (χ1n) is 8.20. The van der Waals surface area contributed by atoms with Crippen molar-refractivity contribution in [3.8, 4) is 10.4 Å². The Morgan fingerprint density at radius 3 is 2.71 bits per heavy atom. The number of benzene rings is 1. The van der Waals surface area contributed by atoms with E-state index < -0.39 is 12.7 Å².